The Labute approximate surface area is 103 Å². The van der Waals surface area contributed by atoms with E-state index >= 15 is 0 Å². The SMILES string of the molecule is CC(C)(C)NC(C)(C)CC(C)(C)C(C)(C)C. The summed E-state index contributed by atoms with van der Waals surface area (Å²) >= 11 is 0. The Kier molecular flexibility index (Phi) is 4.32. The van der Waals surface area contributed by atoms with Gasteiger partial charge in [-0.2, -0.15) is 0 Å². The Morgan fingerprint density at radius 2 is 1.06 bits per heavy atom. The van der Waals surface area contributed by atoms with Crippen molar-refractivity contribution in [3.63, 3.8) is 0 Å². The highest BCUT2D eigenvalue weighted by Gasteiger charge is 2.38. The van der Waals surface area contributed by atoms with Gasteiger partial charge in [0.05, 0.1) is 0 Å². The van der Waals surface area contributed by atoms with E-state index in [1.54, 1.807) is 0 Å². The van der Waals surface area contributed by atoms with E-state index in [1.165, 1.54) is 6.42 Å². The Hall–Kier alpha value is -0.0400. The van der Waals surface area contributed by atoms with Crippen molar-refractivity contribution in [3.05, 3.63) is 0 Å². The molecule has 16 heavy (non-hydrogen) atoms. The van der Waals surface area contributed by atoms with E-state index in [0.29, 0.717) is 10.8 Å². The molecule has 0 aromatic carbocycles. The third kappa shape index (κ3) is 5.34. The van der Waals surface area contributed by atoms with E-state index in [-0.39, 0.29) is 11.1 Å². The molecule has 0 aromatic rings. The minimum Gasteiger partial charge on any atom is -0.307 e. The summed E-state index contributed by atoms with van der Waals surface area (Å²) in [6.07, 6.45) is 1.18. The van der Waals surface area contributed by atoms with Crippen LogP contribution < -0.4 is 5.32 Å². The maximum Gasteiger partial charge on any atom is 0.0135 e. The van der Waals surface area contributed by atoms with Crippen molar-refractivity contribution in [2.24, 2.45) is 10.8 Å². The molecule has 1 nitrogen and oxygen atoms in total. The van der Waals surface area contributed by atoms with Crippen LogP contribution in [0.5, 0.6) is 0 Å². The molecule has 0 heterocycles. The van der Waals surface area contributed by atoms with Crippen molar-refractivity contribution < 1.29 is 0 Å². The van der Waals surface area contributed by atoms with E-state index in [0.717, 1.165) is 0 Å². The van der Waals surface area contributed by atoms with Crippen LogP contribution in [0.25, 0.3) is 0 Å². The zero-order chi connectivity index (χ0) is 13.4. The third-order valence-corrected chi connectivity index (χ3v) is 3.63. The van der Waals surface area contributed by atoms with Crippen LogP contribution in [0.3, 0.4) is 0 Å². The minimum absolute atomic E-state index is 0.176. The summed E-state index contributed by atoms with van der Waals surface area (Å²) in [5.74, 6) is 0. The van der Waals surface area contributed by atoms with Gasteiger partial charge < -0.3 is 5.32 Å². The summed E-state index contributed by atoms with van der Waals surface area (Å²) in [4.78, 5) is 0. The summed E-state index contributed by atoms with van der Waals surface area (Å²) in [7, 11) is 0. The van der Waals surface area contributed by atoms with Crippen LogP contribution in [-0.4, -0.2) is 11.1 Å². The van der Waals surface area contributed by atoms with Gasteiger partial charge in [0.25, 0.3) is 0 Å². The first kappa shape index (κ1) is 16.0. The number of rotatable bonds is 3. The second-order valence-electron chi connectivity index (χ2n) is 8.57. The molecular formula is C15H33N. The highest BCUT2D eigenvalue weighted by Crippen LogP contribution is 2.43. The summed E-state index contributed by atoms with van der Waals surface area (Å²) < 4.78 is 0. The first-order valence-corrected chi connectivity index (χ1v) is 6.46. The molecule has 0 amide bonds. The van der Waals surface area contributed by atoms with E-state index in [9.17, 15) is 0 Å². The van der Waals surface area contributed by atoms with Gasteiger partial charge in [-0.25, -0.2) is 0 Å². The second kappa shape index (κ2) is 4.33. The highest BCUT2D eigenvalue weighted by atomic mass is 15.0. The molecule has 0 radical (unpaired) electrons. The Bertz CT molecular complexity index is 223. The van der Waals surface area contributed by atoms with Crippen LogP contribution in [0.1, 0.15) is 75.7 Å². The maximum absolute atomic E-state index is 3.72. The molecule has 1 N–H and O–H groups in total. The van der Waals surface area contributed by atoms with Gasteiger partial charge in [-0.1, -0.05) is 34.6 Å². The van der Waals surface area contributed by atoms with Crippen LogP contribution in [-0.2, 0) is 0 Å². The Morgan fingerprint density at radius 1 is 0.688 bits per heavy atom. The molecule has 0 aliphatic rings. The van der Waals surface area contributed by atoms with Gasteiger partial charge >= 0.3 is 0 Å². The normalized spacial score (nSPS) is 15.4. The smallest absolute Gasteiger partial charge is 0.0135 e. The van der Waals surface area contributed by atoms with Gasteiger partial charge in [-0.3, -0.25) is 0 Å². The molecule has 0 aromatic heterocycles. The molecule has 98 valence electrons. The van der Waals surface area contributed by atoms with Gasteiger partial charge in [0.1, 0.15) is 0 Å². The third-order valence-electron chi connectivity index (χ3n) is 3.63. The zero-order valence-electron chi connectivity index (χ0n) is 13.2. The Balaban J connectivity index is 4.72. The lowest BCUT2D eigenvalue weighted by Crippen LogP contribution is -2.53. The molecule has 0 saturated heterocycles. The molecule has 0 atom stereocenters. The molecule has 0 unspecified atom stereocenters. The van der Waals surface area contributed by atoms with E-state index in [2.05, 4.69) is 74.6 Å². The second-order valence-corrected chi connectivity index (χ2v) is 8.57. The fraction of sp³-hybridized carbons (Fsp3) is 1.00. The van der Waals surface area contributed by atoms with Crippen molar-refractivity contribution in [3.8, 4) is 0 Å². The van der Waals surface area contributed by atoms with Crippen LogP contribution in [0.2, 0.25) is 0 Å². The van der Waals surface area contributed by atoms with Crippen LogP contribution in [0.15, 0.2) is 0 Å². The van der Waals surface area contributed by atoms with Crippen molar-refractivity contribution in [2.75, 3.05) is 0 Å². The van der Waals surface area contributed by atoms with Crippen LogP contribution in [0, 0.1) is 10.8 Å². The first-order chi connectivity index (χ1) is 6.66. The molecule has 0 bridgehead atoms. The first-order valence-electron chi connectivity index (χ1n) is 6.46. The lowest BCUT2D eigenvalue weighted by molar-refractivity contribution is 0.0739. The molecule has 0 rings (SSSR count). The lowest BCUT2D eigenvalue weighted by Gasteiger charge is -2.46. The van der Waals surface area contributed by atoms with Gasteiger partial charge in [-0.15, -0.1) is 0 Å². The lowest BCUT2D eigenvalue weighted by atomic mass is 9.64. The van der Waals surface area contributed by atoms with E-state index in [4.69, 9.17) is 0 Å². The number of hydrogen-bond donors (Lipinski definition) is 1. The summed E-state index contributed by atoms with van der Waals surface area (Å²) in [5.41, 5.74) is 1.02. The van der Waals surface area contributed by atoms with Crippen LogP contribution >= 0.6 is 0 Å². The minimum atomic E-state index is 0.176. The monoisotopic (exact) mass is 227 g/mol. The average molecular weight is 227 g/mol. The van der Waals surface area contributed by atoms with Crippen molar-refractivity contribution in [1.82, 2.24) is 5.32 Å². The van der Waals surface area contributed by atoms with Gasteiger partial charge in [0, 0.05) is 11.1 Å². The summed E-state index contributed by atoms with van der Waals surface area (Å²) in [6.45, 7) is 23.1. The molecular weight excluding hydrogens is 194 g/mol. The molecule has 0 aliphatic carbocycles. The van der Waals surface area contributed by atoms with Gasteiger partial charge in [0.2, 0.25) is 0 Å². The van der Waals surface area contributed by atoms with Crippen LogP contribution in [0.4, 0.5) is 0 Å². The molecule has 0 spiro atoms. The number of hydrogen-bond acceptors (Lipinski definition) is 1. The topological polar surface area (TPSA) is 12.0 Å². The predicted molar refractivity (Wildman–Crippen MR) is 74.8 cm³/mol. The molecule has 1 heteroatoms. The fourth-order valence-corrected chi connectivity index (χ4v) is 2.43. The van der Waals surface area contributed by atoms with Gasteiger partial charge in [0.15, 0.2) is 0 Å². The van der Waals surface area contributed by atoms with Crippen molar-refractivity contribution in [2.45, 2.75) is 86.7 Å². The van der Waals surface area contributed by atoms with E-state index in [1.807, 2.05) is 0 Å². The predicted octanol–water partition coefficient (Wildman–Crippen LogP) is 4.62. The molecule has 0 saturated carbocycles. The van der Waals surface area contributed by atoms with Gasteiger partial charge in [-0.05, 0) is 51.9 Å². The zero-order valence-corrected chi connectivity index (χ0v) is 13.2. The number of nitrogens with one attached hydrogen (secondary N) is 1. The standard InChI is InChI=1S/C15H33N/c1-12(2,3)14(7,8)11-15(9,10)16-13(4,5)6/h16H,11H2,1-10H3. The van der Waals surface area contributed by atoms with Crippen molar-refractivity contribution >= 4 is 0 Å². The summed E-state index contributed by atoms with van der Waals surface area (Å²) in [5, 5.41) is 3.72. The quantitative estimate of drug-likeness (QED) is 0.742. The molecule has 0 aliphatic heterocycles. The summed E-state index contributed by atoms with van der Waals surface area (Å²) in [6, 6.07) is 0. The Morgan fingerprint density at radius 3 is 1.31 bits per heavy atom. The fourth-order valence-electron chi connectivity index (χ4n) is 2.43. The van der Waals surface area contributed by atoms with E-state index < -0.39 is 0 Å². The highest BCUT2D eigenvalue weighted by molar-refractivity contribution is 4.94. The largest absolute Gasteiger partial charge is 0.307 e. The molecule has 0 fully saturated rings. The average Bonchev–Trinajstić information content (AvgIpc) is 1.72. The maximum atomic E-state index is 3.72. The van der Waals surface area contributed by atoms with Crippen molar-refractivity contribution in [1.29, 1.82) is 0 Å².